The number of carbonyl (C=O) groups excluding carboxylic acids is 1. The van der Waals surface area contributed by atoms with Gasteiger partial charge in [-0.3, -0.25) is 9.79 Å². The zero-order valence-electron chi connectivity index (χ0n) is 16.2. The summed E-state index contributed by atoms with van der Waals surface area (Å²) in [7, 11) is 1.53. The molecule has 1 aromatic heterocycles. The molecule has 1 heterocycles. The molecule has 7 nitrogen and oxygen atoms in total. The summed E-state index contributed by atoms with van der Waals surface area (Å²) in [5.74, 6) is -3.98. The van der Waals surface area contributed by atoms with Crippen molar-refractivity contribution in [1.82, 2.24) is 15.8 Å². The minimum Gasteiger partial charge on any atom is -0.361 e. The molecule has 0 radical (unpaired) electrons. The summed E-state index contributed by atoms with van der Waals surface area (Å²) in [6.07, 6.45) is 1.41. The summed E-state index contributed by atoms with van der Waals surface area (Å²) in [5, 5.41) is 12.0. The molecular weight excluding hydrogens is 502 g/mol. The van der Waals surface area contributed by atoms with Crippen molar-refractivity contribution >= 4 is 41.5 Å². The van der Waals surface area contributed by atoms with Gasteiger partial charge in [0.2, 0.25) is 5.91 Å². The van der Waals surface area contributed by atoms with E-state index in [1.807, 2.05) is 13.8 Å². The largest absolute Gasteiger partial charge is 0.361 e. The van der Waals surface area contributed by atoms with E-state index < -0.39 is 29.0 Å². The Balaban J connectivity index is 0.00000420. The van der Waals surface area contributed by atoms with Gasteiger partial charge in [0.25, 0.3) is 0 Å². The number of anilines is 1. The van der Waals surface area contributed by atoms with Crippen LogP contribution in [0.2, 0.25) is 0 Å². The summed E-state index contributed by atoms with van der Waals surface area (Å²) in [4.78, 5) is 16.0. The van der Waals surface area contributed by atoms with E-state index in [1.54, 1.807) is 0 Å². The van der Waals surface area contributed by atoms with Gasteiger partial charge in [-0.15, -0.1) is 24.0 Å². The lowest BCUT2D eigenvalue weighted by molar-refractivity contribution is -0.115. The van der Waals surface area contributed by atoms with Crippen LogP contribution >= 0.6 is 24.0 Å². The molecule has 11 heteroatoms. The number of amides is 1. The van der Waals surface area contributed by atoms with Gasteiger partial charge in [0.05, 0.1) is 17.9 Å². The Hall–Kier alpha value is -2.31. The zero-order valence-corrected chi connectivity index (χ0v) is 18.6. The highest BCUT2D eigenvalue weighted by Crippen LogP contribution is 2.19. The summed E-state index contributed by atoms with van der Waals surface area (Å²) in [5.41, 5.74) is 1.32. The first kappa shape index (κ1) is 24.7. The van der Waals surface area contributed by atoms with E-state index >= 15 is 0 Å². The van der Waals surface area contributed by atoms with Gasteiger partial charge in [0, 0.05) is 25.6 Å². The molecular formula is C18H23F3IN5O2. The van der Waals surface area contributed by atoms with E-state index in [1.165, 1.54) is 7.05 Å². The Morgan fingerprint density at radius 3 is 2.48 bits per heavy atom. The molecule has 0 fully saturated rings. The number of hydrogen-bond donors (Lipinski definition) is 3. The molecule has 0 saturated heterocycles. The van der Waals surface area contributed by atoms with Gasteiger partial charge in [-0.2, -0.15) is 0 Å². The van der Waals surface area contributed by atoms with Crippen LogP contribution in [-0.4, -0.2) is 30.6 Å². The topological polar surface area (TPSA) is 91.6 Å². The third-order valence-corrected chi connectivity index (χ3v) is 3.99. The van der Waals surface area contributed by atoms with Gasteiger partial charge < -0.3 is 20.5 Å². The molecule has 160 valence electrons. The highest BCUT2D eigenvalue weighted by Gasteiger charge is 2.16. The number of carbonyl (C=O) groups is 1. The van der Waals surface area contributed by atoms with Crippen molar-refractivity contribution in [2.24, 2.45) is 4.99 Å². The predicted molar refractivity (Wildman–Crippen MR) is 114 cm³/mol. The molecule has 0 atom stereocenters. The van der Waals surface area contributed by atoms with Crippen LogP contribution in [0, 0.1) is 17.5 Å². The van der Waals surface area contributed by atoms with Crippen molar-refractivity contribution in [3.63, 3.8) is 0 Å². The average Bonchev–Trinajstić information content (AvgIpc) is 3.10. The monoisotopic (exact) mass is 525 g/mol. The Morgan fingerprint density at radius 2 is 1.86 bits per heavy atom. The van der Waals surface area contributed by atoms with Crippen molar-refractivity contribution in [3.05, 3.63) is 46.6 Å². The van der Waals surface area contributed by atoms with Crippen molar-refractivity contribution in [2.45, 2.75) is 33.2 Å². The number of aromatic nitrogens is 1. The number of benzene rings is 1. The van der Waals surface area contributed by atoms with Gasteiger partial charge in [0.15, 0.2) is 23.4 Å². The zero-order chi connectivity index (χ0) is 20.7. The number of nitrogens with one attached hydrogen (secondary N) is 3. The van der Waals surface area contributed by atoms with Crippen molar-refractivity contribution in [2.75, 3.05) is 18.9 Å². The van der Waals surface area contributed by atoms with Gasteiger partial charge in [0.1, 0.15) is 5.76 Å². The fourth-order valence-electron chi connectivity index (χ4n) is 2.51. The number of aryl methyl sites for hydroxylation is 2. The fraction of sp³-hybridized carbons (Fsp3) is 0.389. The molecule has 0 unspecified atom stereocenters. The van der Waals surface area contributed by atoms with Crippen molar-refractivity contribution in [3.8, 4) is 0 Å². The molecule has 0 saturated carbocycles. The maximum Gasteiger partial charge on any atom is 0.243 e. The number of halogens is 4. The maximum absolute atomic E-state index is 13.6. The Morgan fingerprint density at radius 1 is 1.14 bits per heavy atom. The summed E-state index contributed by atoms with van der Waals surface area (Å²) < 4.78 is 45.0. The van der Waals surface area contributed by atoms with Crippen LogP contribution in [0.1, 0.15) is 30.9 Å². The summed E-state index contributed by atoms with van der Waals surface area (Å²) in [6.45, 7) is 4.06. The third-order valence-electron chi connectivity index (χ3n) is 3.99. The van der Waals surface area contributed by atoms with Crippen LogP contribution in [0.25, 0.3) is 0 Å². The molecule has 2 aromatic rings. The van der Waals surface area contributed by atoms with Gasteiger partial charge >= 0.3 is 0 Å². The molecule has 1 amide bonds. The van der Waals surface area contributed by atoms with Crippen molar-refractivity contribution < 1.29 is 22.5 Å². The van der Waals surface area contributed by atoms with E-state index in [-0.39, 0.29) is 30.5 Å². The number of hydrogen-bond acceptors (Lipinski definition) is 4. The fourth-order valence-corrected chi connectivity index (χ4v) is 2.51. The van der Waals surface area contributed by atoms with E-state index in [9.17, 15) is 18.0 Å². The third kappa shape index (κ3) is 6.34. The van der Waals surface area contributed by atoms with E-state index in [0.29, 0.717) is 18.9 Å². The number of nitrogens with zero attached hydrogens (tertiary/aromatic N) is 2. The molecule has 1 aromatic carbocycles. The molecule has 0 bridgehead atoms. The predicted octanol–water partition coefficient (Wildman–Crippen LogP) is 3.14. The number of aliphatic imine (C=N–C) groups is 1. The number of rotatable bonds is 7. The quantitative estimate of drug-likeness (QED) is 0.224. The Labute approximate surface area is 183 Å². The van der Waals surface area contributed by atoms with Gasteiger partial charge in [-0.05, 0) is 18.6 Å². The molecule has 0 spiro atoms. The van der Waals surface area contributed by atoms with E-state index in [4.69, 9.17) is 4.52 Å². The second kappa shape index (κ2) is 11.6. The first-order valence-electron chi connectivity index (χ1n) is 8.75. The average molecular weight is 525 g/mol. The first-order valence-corrected chi connectivity index (χ1v) is 8.75. The second-order valence-corrected chi connectivity index (χ2v) is 5.79. The Bertz CT molecular complexity index is 852. The molecule has 3 N–H and O–H groups in total. The lowest BCUT2D eigenvalue weighted by Gasteiger charge is -2.12. The lowest BCUT2D eigenvalue weighted by atomic mass is 10.1. The van der Waals surface area contributed by atoms with Crippen molar-refractivity contribution in [1.29, 1.82) is 0 Å². The molecule has 29 heavy (non-hydrogen) atoms. The van der Waals surface area contributed by atoms with E-state index in [2.05, 4.69) is 26.1 Å². The normalized spacial score (nSPS) is 11.0. The molecule has 0 aliphatic rings. The van der Waals surface area contributed by atoms with Crippen LogP contribution in [0.15, 0.2) is 21.6 Å². The van der Waals surface area contributed by atoms with Crippen LogP contribution in [0.4, 0.5) is 18.9 Å². The Kier molecular flexibility index (Phi) is 9.92. The van der Waals surface area contributed by atoms with Crippen LogP contribution in [-0.2, 0) is 24.2 Å². The first-order chi connectivity index (χ1) is 13.4. The van der Waals surface area contributed by atoms with E-state index in [0.717, 1.165) is 35.6 Å². The molecule has 2 rings (SSSR count). The summed E-state index contributed by atoms with van der Waals surface area (Å²) >= 11 is 0. The smallest absolute Gasteiger partial charge is 0.243 e. The second-order valence-electron chi connectivity index (χ2n) is 5.79. The maximum atomic E-state index is 13.6. The highest BCUT2D eigenvalue weighted by atomic mass is 127. The minimum atomic E-state index is -1.64. The lowest BCUT2D eigenvalue weighted by Crippen LogP contribution is -2.41. The van der Waals surface area contributed by atoms with Crippen LogP contribution in [0.5, 0.6) is 0 Å². The molecule has 0 aliphatic heterocycles. The standard InChI is InChI=1S/C18H22F3N5O2.HI/c1-4-12-10(14(5-2)28-26-12)8-23-18(22-3)24-9-15(27)25-13-7-6-11(19)16(20)17(13)21;/h6-7H,4-5,8-9H2,1-3H3,(H,25,27)(H2,22,23,24);1H. The minimum absolute atomic E-state index is 0. The molecule has 0 aliphatic carbocycles. The van der Waals surface area contributed by atoms with Gasteiger partial charge in [-0.25, -0.2) is 13.2 Å². The van der Waals surface area contributed by atoms with Crippen LogP contribution in [0.3, 0.4) is 0 Å². The number of guanidine groups is 1. The summed E-state index contributed by atoms with van der Waals surface area (Å²) in [6, 6.07) is 1.68. The SMILES string of the molecule is CCc1noc(CC)c1CNC(=NC)NCC(=O)Nc1ccc(F)c(F)c1F.I. The van der Waals surface area contributed by atoms with Crippen LogP contribution < -0.4 is 16.0 Å². The highest BCUT2D eigenvalue weighted by molar-refractivity contribution is 14.0. The van der Waals surface area contributed by atoms with Gasteiger partial charge in [-0.1, -0.05) is 19.0 Å².